The van der Waals surface area contributed by atoms with Gasteiger partial charge in [-0.2, -0.15) is 0 Å². The first-order chi connectivity index (χ1) is 20.4. The molecule has 0 aliphatic carbocycles. The van der Waals surface area contributed by atoms with Gasteiger partial charge in [0.2, 0.25) is 0 Å². The molecule has 0 unspecified atom stereocenters. The largest absolute Gasteiger partial charge is 0.462 e. The first-order valence-electron chi connectivity index (χ1n) is 16.7. The third-order valence-corrected chi connectivity index (χ3v) is 6.91. The van der Waals surface area contributed by atoms with Gasteiger partial charge in [0.1, 0.15) is 6.61 Å². The van der Waals surface area contributed by atoms with Crippen molar-refractivity contribution < 1.29 is 29.3 Å². The lowest BCUT2D eigenvalue weighted by molar-refractivity contribution is -0.161. The van der Waals surface area contributed by atoms with Gasteiger partial charge in [-0.3, -0.25) is 9.59 Å². The van der Waals surface area contributed by atoms with Crippen LogP contribution >= 0.6 is 0 Å². The fourth-order valence-electron chi connectivity index (χ4n) is 4.31. The Labute approximate surface area is 257 Å². The molecule has 0 radical (unpaired) electrons. The van der Waals surface area contributed by atoms with E-state index in [1.54, 1.807) is 0 Å². The van der Waals surface area contributed by atoms with Crippen molar-refractivity contribution in [3.8, 4) is 0 Å². The summed E-state index contributed by atoms with van der Waals surface area (Å²) < 4.78 is 10.5. The van der Waals surface area contributed by atoms with Crippen molar-refractivity contribution in [2.45, 2.75) is 149 Å². The zero-order valence-electron chi connectivity index (χ0n) is 27.0. The zero-order chi connectivity index (χ0) is 31.1. The summed E-state index contributed by atoms with van der Waals surface area (Å²) in [5.41, 5.74) is 0. The van der Waals surface area contributed by atoms with Gasteiger partial charge in [0, 0.05) is 12.8 Å². The van der Waals surface area contributed by atoms with Crippen LogP contribution in [-0.4, -0.2) is 47.6 Å². The predicted octanol–water partition coefficient (Wildman–Crippen LogP) is 8.72. The number of ether oxygens (including phenoxy) is 2. The van der Waals surface area contributed by atoms with Crippen LogP contribution in [0.1, 0.15) is 136 Å². The molecule has 0 amide bonds. The van der Waals surface area contributed by atoms with Crippen molar-refractivity contribution in [1.29, 1.82) is 0 Å². The summed E-state index contributed by atoms with van der Waals surface area (Å²) in [6.07, 6.45) is 32.2. The number of allylic oxidation sites excluding steroid dienone is 7. The number of aliphatic hydroxyl groups is 2. The lowest BCUT2D eigenvalue weighted by Crippen LogP contribution is -2.28. The van der Waals surface area contributed by atoms with Crippen molar-refractivity contribution in [1.82, 2.24) is 0 Å². The number of hydrogen-bond acceptors (Lipinski definition) is 6. The minimum Gasteiger partial charge on any atom is -0.462 e. The third-order valence-electron chi connectivity index (χ3n) is 6.91. The van der Waals surface area contributed by atoms with Crippen LogP contribution in [0.25, 0.3) is 0 Å². The van der Waals surface area contributed by atoms with E-state index in [1.807, 2.05) is 18.2 Å². The van der Waals surface area contributed by atoms with Gasteiger partial charge in [-0.1, -0.05) is 134 Å². The molecule has 0 saturated heterocycles. The molecule has 0 aliphatic rings. The van der Waals surface area contributed by atoms with Crippen LogP contribution in [0.15, 0.2) is 48.6 Å². The van der Waals surface area contributed by atoms with Crippen molar-refractivity contribution in [3.05, 3.63) is 48.6 Å². The molecule has 0 heterocycles. The van der Waals surface area contributed by atoms with Crippen molar-refractivity contribution in [2.75, 3.05) is 13.2 Å². The molecular formula is C36H62O6. The average Bonchev–Trinajstić information content (AvgIpc) is 2.96. The van der Waals surface area contributed by atoms with E-state index in [2.05, 4.69) is 51.2 Å². The summed E-state index contributed by atoms with van der Waals surface area (Å²) in [6, 6.07) is 0. The molecule has 0 aromatic carbocycles. The Balaban J connectivity index is 3.78. The Kier molecular flexibility index (Phi) is 28.7. The number of aliphatic hydroxyl groups excluding tert-OH is 2. The summed E-state index contributed by atoms with van der Waals surface area (Å²) in [6.45, 7) is 6.21. The molecule has 0 bridgehead atoms. The second-order valence-electron chi connectivity index (χ2n) is 11.6. The molecule has 0 aliphatic heterocycles. The lowest BCUT2D eigenvalue weighted by atomic mass is 10.0. The van der Waals surface area contributed by atoms with Crippen LogP contribution < -0.4 is 0 Å². The highest BCUT2D eigenvalue weighted by Gasteiger charge is 2.16. The summed E-state index contributed by atoms with van der Waals surface area (Å²) in [7, 11) is 0. The second-order valence-corrected chi connectivity index (χ2v) is 11.6. The van der Waals surface area contributed by atoms with Crippen molar-refractivity contribution >= 4 is 11.9 Å². The van der Waals surface area contributed by atoms with Gasteiger partial charge in [0.05, 0.1) is 12.7 Å². The SMILES string of the molecule is CCCCC[C@@H](O)/C=C/C=C\C/C=C\C/C=C\CCCC(=O)OC[C@H](CO)OC(=O)CCCCCCCCCC(C)C. The second kappa shape index (κ2) is 30.3. The fourth-order valence-corrected chi connectivity index (χ4v) is 4.31. The maximum Gasteiger partial charge on any atom is 0.306 e. The van der Waals surface area contributed by atoms with E-state index in [0.717, 1.165) is 63.7 Å². The molecule has 2 N–H and O–H groups in total. The molecular weight excluding hydrogens is 528 g/mol. The highest BCUT2D eigenvalue weighted by molar-refractivity contribution is 5.70. The fraction of sp³-hybridized carbons (Fsp3) is 0.722. The van der Waals surface area contributed by atoms with Crippen LogP contribution in [0, 0.1) is 5.92 Å². The molecule has 0 saturated carbocycles. The molecule has 6 nitrogen and oxygen atoms in total. The van der Waals surface area contributed by atoms with Gasteiger partial charge < -0.3 is 19.7 Å². The van der Waals surface area contributed by atoms with E-state index < -0.39 is 6.10 Å². The van der Waals surface area contributed by atoms with E-state index in [-0.39, 0.29) is 37.7 Å². The van der Waals surface area contributed by atoms with Gasteiger partial charge in [-0.15, -0.1) is 0 Å². The quantitative estimate of drug-likeness (QED) is 0.0410. The molecule has 0 rings (SSSR count). The van der Waals surface area contributed by atoms with Crippen LogP contribution in [-0.2, 0) is 19.1 Å². The topological polar surface area (TPSA) is 93.1 Å². The summed E-state index contributed by atoms with van der Waals surface area (Å²) in [4.78, 5) is 24.0. The number of unbranched alkanes of at least 4 members (excludes halogenated alkanes) is 9. The van der Waals surface area contributed by atoms with Crippen LogP contribution in [0.5, 0.6) is 0 Å². The van der Waals surface area contributed by atoms with Gasteiger partial charge >= 0.3 is 11.9 Å². The standard InChI is InChI=1S/C36H62O6/c1-4-5-20-26-33(38)27-22-17-13-9-7-6-8-10-14-18-23-28-35(39)41-31-34(30-37)42-36(40)29-24-19-15-11-12-16-21-25-32(2)3/h6-7,10,13-14,17,22,27,32-34,37-38H,4-5,8-9,11-12,15-16,18-21,23-26,28-31H2,1-3H3/b7-6-,14-10-,17-13-,27-22+/t33-,34+/m1/s1. The summed E-state index contributed by atoms with van der Waals surface area (Å²) in [5, 5.41) is 19.3. The Hall–Kier alpha value is -2.18. The van der Waals surface area contributed by atoms with Gasteiger partial charge in [0.25, 0.3) is 0 Å². The minimum absolute atomic E-state index is 0.109. The molecule has 0 aromatic rings. The van der Waals surface area contributed by atoms with Gasteiger partial charge in [-0.25, -0.2) is 0 Å². The molecule has 0 spiro atoms. The molecule has 6 heteroatoms. The number of carbonyl (C=O) groups excluding carboxylic acids is 2. The third kappa shape index (κ3) is 29.3. The molecule has 2 atom stereocenters. The van der Waals surface area contributed by atoms with Crippen LogP contribution in [0.3, 0.4) is 0 Å². The Morgan fingerprint density at radius 2 is 1.33 bits per heavy atom. The first-order valence-corrected chi connectivity index (χ1v) is 16.7. The lowest BCUT2D eigenvalue weighted by Gasteiger charge is -2.15. The summed E-state index contributed by atoms with van der Waals surface area (Å²) in [5.74, 6) is 0.0889. The number of esters is 2. The zero-order valence-corrected chi connectivity index (χ0v) is 27.0. The molecule has 242 valence electrons. The highest BCUT2D eigenvalue weighted by atomic mass is 16.6. The molecule has 0 fully saturated rings. The van der Waals surface area contributed by atoms with Crippen molar-refractivity contribution in [2.24, 2.45) is 5.92 Å². The van der Waals surface area contributed by atoms with Crippen LogP contribution in [0.2, 0.25) is 0 Å². The molecule has 0 aromatic heterocycles. The van der Waals surface area contributed by atoms with E-state index in [4.69, 9.17) is 9.47 Å². The van der Waals surface area contributed by atoms with E-state index in [0.29, 0.717) is 12.8 Å². The van der Waals surface area contributed by atoms with Crippen molar-refractivity contribution in [3.63, 3.8) is 0 Å². The summed E-state index contributed by atoms with van der Waals surface area (Å²) >= 11 is 0. The predicted molar refractivity (Wildman–Crippen MR) is 174 cm³/mol. The number of carbonyl (C=O) groups is 2. The molecule has 42 heavy (non-hydrogen) atoms. The maximum absolute atomic E-state index is 12.1. The Morgan fingerprint density at radius 3 is 2.02 bits per heavy atom. The highest BCUT2D eigenvalue weighted by Crippen LogP contribution is 2.13. The van der Waals surface area contributed by atoms with E-state index in [1.165, 1.54) is 38.5 Å². The smallest absolute Gasteiger partial charge is 0.306 e. The Bertz CT molecular complexity index is 752. The monoisotopic (exact) mass is 590 g/mol. The van der Waals surface area contributed by atoms with Crippen LogP contribution in [0.4, 0.5) is 0 Å². The number of rotatable bonds is 28. The van der Waals surface area contributed by atoms with E-state index >= 15 is 0 Å². The normalized spacial score (nSPS) is 13.7. The Morgan fingerprint density at radius 1 is 0.714 bits per heavy atom. The van der Waals surface area contributed by atoms with Gasteiger partial charge in [0.15, 0.2) is 6.10 Å². The average molecular weight is 591 g/mol. The van der Waals surface area contributed by atoms with E-state index in [9.17, 15) is 19.8 Å². The van der Waals surface area contributed by atoms with Gasteiger partial charge in [-0.05, 0) is 44.4 Å². The number of hydrogen-bond donors (Lipinski definition) is 2. The maximum atomic E-state index is 12.1. The first kappa shape index (κ1) is 39.8. The minimum atomic E-state index is -0.804.